The van der Waals surface area contributed by atoms with Crippen LogP contribution >= 0.6 is 24.8 Å². The van der Waals surface area contributed by atoms with Gasteiger partial charge in [-0.2, -0.15) is 0 Å². The fourth-order valence-electron chi connectivity index (χ4n) is 3.67. The number of benzene rings is 1. The molecule has 7 nitrogen and oxygen atoms in total. The number of nitrogens with one attached hydrogen (secondary N) is 1. The molecule has 3 heterocycles. The Kier molecular flexibility index (Phi) is 8.18. The lowest BCUT2D eigenvalue weighted by atomic mass is 10.1. The van der Waals surface area contributed by atoms with Gasteiger partial charge < -0.3 is 15.1 Å². The van der Waals surface area contributed by atoms with E-state index in [2.05, 4.69) is 15.6 Å². The number of aromatic nitrogens is 3. The van der Waals surface area contributed by atoms with Gasteiger partial charge in [0.2, 0.25) is 0 Å². The largest absolute Gasteiger partial charge is 0.366 e. The number of amides is 1. The minimum absolute atomic E-state index is 0. The van der Waals surface area contributed by atoms with Crippen LogP contribution < -0.4 is 10.2 Å². The molecule has 0 bridgehead atoms. The van der Waals surface area contributed by atoms with Crippen LogP contribution in [-0.2, 0) is 0 Å². The monoisotopic (exact) mass is 448 g/mol. The molecule has 2 saturated heterocycles. The molecule has 2 aromatic rings. The number of nitrogens with zero attached hydrogens (tertiary/aromatic N) is 5. The highest BCUT2D eigenvalue weighted by molar-refractivity contribution is 5.92. The molecular weight excluding hydrogens is 425 g/mol. The van der Waals surface area contributed by atoms with Gasteiger partial charge in [0.1, 0.15) is 11.6 Å². The predicted molar refractivity (Wildman–Crippen MR) is 110 cm³/mol. The van der Waals surface area contributed by atoms with Gasteiger partial charge in [-0.1, -0.05) is 5.21 Å². The van der Waals surface area contributed by atoms with Gasteiger partial charge in [-0.25, -0.2) is 13.5 Å². The first-order valence-corrected chi connectivity index (χ1v) is 9.23. The number of carbonyl (C=O) groups is 1. The number of piperidine rings is 1. The second-order valence-corrected chi connectivity index (χ2v) is 6.94. The lowest BCUT2D eigenvalue weighted by Crippen LogP contribution is -2.49. The molecule has 160 valence electrons. The summed E-state index contributed by atoms with van der Waals surface area (Å²) in [7, 11) is 0. The molecule has 0 saturated carbocycles. The third kappa shape index (κ3) is 5.15. The van der Waals surface area contributed by atoms with Crippen LogP contribution in [0, 0.1) is 11.6 Å². The van der Waals surface area contributed by atoms with E-state index in [4.69, 9.17) is 0 Å². The fraction of sp³-hybridized carbons (Fsp3) is 0.500. The van der Waals surface area contributed by atoms with Gasteiger partial charge in [-0.15, -0.1) is 29.9 Å². The molecule has 0 atom stereocenters. The maximum Gasteiger partial charge on any atom is 0.276 e. The molecule has 11 heteroatoms. The van der Waals surface area contributed by atoms with E-state index in [-0.39, 0.29) is 42.5 Å². The van der Waals surface area contributed by atoms with Crippen molar-refractivity contribution in [2.45, 2.75) is 18.9 Å². The molecular formula is C18H24Cl2F2N6O. The second kappa shape index (κ2) is 10.2. The Morgan fingerprint density at radius 2 is 1.76 bits per heavy atom. The maximum absolute atomic E-state index is 13.9. The second-order valence-electron chi connectivity index (χ2n) is 6.94. The highest BCUT2D eigenvalue weighted by atomic mass is 35.5. The average Bonchev–Trinajstić information content (AvgIpc) is 3.20. The Morgan fingerprint density at radius 1 is 1.07 bits per heavy atom. The molecule has 0 spiro atoms. The summed E-state index contributed by atoms with van der Waals surface area (Å²) in [5.41, 5.74) is 0.567. The molecule has 1 amide bonds. The zero-order chi connectivity index (χ0) is 18.8. The first kappa shape index (κ1) is 23.3. The summed E-state index contributed by atoms with van der Waals surface area (Å²) >= 11 is 0. The third-order valence-electron chi connectivity index (χ3n) is 5.23. The number of carbonyl (C=O) groups excluding carboxylic acids is 1. The molecule has 0 aliphatic carbocycles. The standard InChI is InChI=1S/C18H22F2N6O.2ClH/c19-13-1-2-15(20)17(11-13)24-7-9-25(10-8-24)18(27)16-12-26(23-22-16)14-3-5-21-6-4-14;;/h1-2,11-12,14,21H,3-10H2;2*1H. The van der Waals surface area contributed by atoms with Crippen LogP contribution in [0.2, 0.25) is 0 Å². The van der Waals surface area contributed by atoms with Crippen molar-refractivity contribution in [3.05, 3.63) is 41.7 Å². The molecule has 0 unspecified atom stereocenters. The molecule has 2 aliphatic heterocycles. The molecule has 1 aromatic heterocycles. The van der Waals surface area contributed by atoms with E-state index < -0.39 is 11.6 Å². The first-order chi connectivity index (χ1) is 13.1. The van der Waals surface area contributed by atoms with Crippen LogP contribution in [0.25, 0.3) is 0 Å². The van der Waals surface area contributed by atoms with E-state index in [1.165, 1.54) is 6.07 Å². The van der Waals surface area contributed by atoms with Crippen LogP contribution in [-0.4, -0.2) is 65.1 Å². The predicted octanol–water partition coefficient (Wildman–Crippen LogP) is 2.29. The van der Waals surface area contributed by atoms with Crippen LogP contribution in [0.3, 0.4) is 0 Å². The summed E-state index contributed by atoms with van der Waals surface area (Å²) in [6.07, 6.45) is 3.65. The van der Waals surface area contributed by atoms with Crippen molar-refractivity contribution < 1.29 is 13.6 Å². The first-order valence-electron chi connectivity index (χ1n) is 9.23. The van der Waals surface area contributed by atoms with Crippen molar-refractivity contribution >= 4 is 36.4 Å². The third-order valence-corrected chi connectivity index (χ3v) is 5.23. The number of piperazine rings is 1. The van der Waals surface area contributed by atoms with Crippen molar-refractivity contribution in [2.24, 2.45) is 0 Å². The number of anilines is 1. The van der Waals surface area contributed by atoms with Gasteiger partial charge in [0, 0.05) is 32.2 Å². The van der Waals surface area contributed by atoms with Gasteiger partial charge in [0.15, 0.2) is 5.69 Å². The van der Waals surface area contributed by atoms with Gasteiger partial charge in [-0.3, -0.25) is 4.79 Å². The van der Waals surface area contributed by atoms with E-state index in [9.17, 15) is 13.6 Å². The van der Waals surface area contributed by atoms with E-state index >= 15 is 0 Å². The van der Waals surface area contributed by atoms with Crippen LogP contribution in [0.15, 0.2) is 24.4 Å². The Bertz CT molecular complexity index is 822. The highest BCUT2D eigenvalue weighted by Crippen LogP contribution is 2.22. The van der Waals surface area contributed by atoms with Crippen molar-refractivity contribution in [3.8, 4) is 0 Å². The van der Waals surface area contributed by atoms with E-state index in [0.717, 1.165) is 38.1 Å². The molecule has 2 aliphatic rings. The van der Waals surface area contributed by atoms with Gasteiger partial charge >= 0.3 is 0 Å². The van der Waals surface area contributed by atoms with E-state index in [1.807, 2.05) is 0 Å². The van der Waals surface area contributed by atoms with Gasteiger partial charge in [0.05, 0.1) is 17.9 Å². The molecule has 1 N–H and O–H groups in total. The normalized spacial score (nSPS) is 17.4. The lowest BCUT2D eigenvalue weighted by Gasteiger charge is -2.35. The zero-order valence-corrected chi connectivity index (χ0v) is 17.4. The van der Waals surface area contributed by atoms with E-state index in [0.29, 0.717) is 31.9 Å². The zero-order valence-electron chi connectivity index (χ0n) is 15.8. The summed E-state index contributed by atoms with van der Waals surface area (Å²) in [4.78, 5) is 16.1. The highest BCUT2D eigenvalue weighted by Gasteiger charge is 2.26. The SMILES string of the molecule is Cl.Cl.O=C(c1cn(C2CCNCC2)nn1)N1CCN(c2cc(F)ccc2F)CC1. The number of hydrogen-bond acceptors (Lipinski definition) is 5. The Labute approximate surface area is 180 Å². The minimum atomic E-state index is -0.473. The summed E-state index contributed by atoms with van der Waals surface area (Å²) < 4.78 is 29.1. The van der Waals surface area contributed by atoms with Crippen LogP contribution in [0.5, 0.6) is 0 Å². The summed E-state index contributed by atoms with van der Waals surface area (Å²) in [5, 5.41) is 11.5. The molecule has 29 heavy (non-hydrogen) atoms. The number of rotatable bonds is 3. The quantitative estimate of drug-likeness (QED) is 0.779. The summed E-state index contributed by atoms with van der Waals surface area (Å²) in [6, 6.07) is 3.69. The Balaban J connectivity index is 0.00000150. The van der Waals surface area contributed by atoms with Crippen molar-refractivity contribution in [3.63, 3.8) is 0 Å². The fourth-order valence-corrected chi connectivity index (χ4v) is 3.67. The number of halogens is 4. The van der Waals surface area contributed by atoms with Crippen molar-refractivity contribution in [1.82, 2.24) is 25.2 Å². The molecule has 2 fully saturated rings. The Hall–Kier alpha value is -1.97. The van der Waals surface area contributed by atoms with Crippen molar-refractivity contribution in [2.75, 3.05) is 44.2 Å². The average molecular weight is 449 g/mol. The van der Waals surface area contributed by atoms with Crippen LogP contribution in [0.4, 0.5) is 14.5 Å². The molecule has 1 aromatic carbocycles. The molecule has 0 radical (unpaired) electrons. The molecule has 4 rings (SSSR count). The van der Waals surface area contributed by atoms with Crippen molar-refractivity contribution in [1.29, 1.82) is 0 Å². The van der Waals surface area contributed by atoms with Gasteiger partial charge in [0.25, 0.3) is 5.91 Å². The Morgan fingerprint density at radius 3 is 2.45 bits per heavy atom. The number of hydrogen-bond donors (Lipinski definition) is 1. The van der Waals surface area contributed by atoms with Gasteiger partial charge in [-0.05, 0) is 38.1 Å². The lowest BCUT2D eigenvalue weighted by molar-refractivity contribution is 0.0740. The topological polar surface area (TPSA) is 66.3 Å². The minimum Gasteiger partial charge on any atom is -0.366 e. The smallest absolute Gasteiger partial charge is 0.276 e. The maximum atomic E-state index is 13.9. The van der Waals surface area contributed by atoms with E-state index in [1.54, 1.807) is 20.7 Å². The summed E-state index contributed by atoms with van der Waals surface area (Å²) in [5.74, 6) is -1.10. The summed E-state index contributed by atoms with van der Waals surface area (Å²) in [6.45, 7) is 3.60. The van der Waals surface area contributed by atoms with Crippen LogP contribution in [0.1, 0.15) is 29.4 Å².